The van der Waals surface area contributed by atoms with Crippen molar-refractivity contribution < 1.29 is 19.4 Å². The van der Waals surface area contributed by atoms with Gasteiger partial charge in [-0.05, 0) is 41.3 Å². The highest BCUT2D eigenvalue weighted by Crippen LogP contribution is 2.30. The maximum Gasteiger partial charge on any atom is 0.248 e. The zero-order valence-electron chi connectivity index (χ0n) is 16.5. The van der Waals surface area contributed by atoms with Crippen LogP contribution in [0.2, 0.25) is 0 Å². The predicted molar refractivity (Wildman–Crippen MR) is 117 cm³/mol. The van der Waals surface area contributed by atoms with Crippen molar-refractivity contribution in [2.75, 3.05) is 18.5 Å². The number of ether oxygens (including phenoxy) is 2. The number of amides is 1. The number of nitrogens with one attached hydrogen (secondary N) is 1. The zero-order chi connectivity index (χ0) is 20.8. The zero-order valence-corrected chi connectivity index (χ0v) is 16.5. The summed E-state index contributed by atoms with van der Waals surface area (Å²) in [5.41, 5.74) is 4.24. The molecule has 2 N–H and O–H groups in total. The number of hydrogen-bond acceptors (Lipinski definition) is 4. The van der Waals surface area contributed by atoms with E-state index in [1.54, 1.807) is 18.2 Å². The summed E-state index contributed by atoms with van der Waals surface area (Å²) in [6, 6.07) is 23.0. The van der Waals surface area contributed by atoms with Crippen LogP contribution in [0.1, 0.15) is 23.8 Å². The summed E-state index contributed by atoms with van der Waals surface area (Å²) in [5, 5.41) is 12.8. The molecule has 0 saturated carbocycles. The number of benzene rings is 3. The van der Waals surface area contributed by atoms with Gasteiger partial charge in [0, 0.05) is 11.6 Å². The minimum absolute atomic E-state index is 0.0106. The number of carbonyl (C=O) groups is 1. The number of rotatable bonds is 5. The maximum atomic E-state index is 12.3. The Morgan fingerprint density at radius 2 is 1.63 bits per heavy atom. The summed E-state index contributed by atoms with van der Waals surface area (Å²) in [4.78, 5) is 12.3. The Labute approximate surface area is 175 Å². The summed E-state index contributed by atoms with van der Waals surface area (Å²) in [6.45, 7) is 1.25. The van der Waals surface area contributed by atoms with Gasteiger partial charge < -0.3 is 19.9 Å². The molecule has 0 radical (unpaired) electrons. The molecule has 0 unspecified atom stereocenters. The van der Waals surface area contributed by atoms with Crippen LogP contribution in [0.25, 0.3) is 17.2 Å². The van der Waals surface area contributed by atoms with Crippen molar-refractivity contribution in [2.45, 2.75) is 12.7 Å². The lowest BCUT2D eigenvalue weighted by molar-refractivity contribution is -0.183. The molecule has 1 amide bonds. The molecule has 0 atom stereocenters. The van der Waals surface area contributed by atoms with Gasteiger partial charge in [-0.25, -0.2) is 0 Å². The number of phenolic OH excluding ortho intramolecular Hbond substituents is 1. The number of phenols is 1. The molecular weight excluding hydrogens is 378 g/mol. The van der Waals surface area contributed by atoms with Gasteiger partial charge in [-0.2, -0.15) is 0 Å². The molecule has 1 fully saturated rings. The van der Waals surface area contributed by atoms with Crippen molar-refractivity contribution in [1.82, 2.24) is 0 Å². The Kier molecular flexibility index (Phi) is 6.23. The minimum Gasteiger partial charge on any atom is -0.506 e. The van der Waals surface area contributed by atoms with Crippen molar-refractivity contribution in [1.29, 1.82) is 0 Å². The highest BCUT2D eigenvalue weighted by Gasteiger charge is 2.18. The lowest BCUT2D eigenvalue weighted by Gasteiger charge is -2.24. The van der Waals surface area contributed by atoms with E-state index < -0.39 is 6.29 Å². The predicted octanol–water partition coefficient (Wildman–Crippen LogP) is 5.15. The van der Waals surface area contributed by atoms with Gasteiger partial charge in [-0.3, -0.25) is 4.79 Å². The Balaban J connectivity index is 1.41. The van der Waals surface area contributed by atoms with Crippen LogP contribution >= 0.6 is 0 Å². The molecule has 30 heavy (non-hydrogen) atoms. The Hall–Kier alpha value is -3.41. The normalized spacial score (nSPS) is 14.7. The average molecular weight is 401 g/mol. The Bertz CT molecular complexity index is 1020. The topological polar surface area (TPSA) is 67.8 Å². The maximum absolute atomic E-state index is 12.3. The molecule has 3 aromatic carbocycles. The van der Waals surface area contributed by atoms with E-state index >= 15 is 0 Å². The van der Waals surface area contributed by atoms with E-state index in [4.69, 9.17) is 9.47 Å². The summed E-state index contributed by atoms with van der Waals surface area (Å²) in [5.74, 6) is -0.344. The van der Waals surface area contributed by atoms with Crippen LogP contribution in [0.5, 0.6) is 5.75 Å². The van der Waals surface area contributed by atoms with E-state index in [1.165, 1.54) is 12.1 Å². The van der Waals surface area contributed by atoms with Gasteiger partial charge in [0.25, 0.3) is 0 Å². The molecule has 5 nitrogen and oxygen atoms in total. The van der Waals surface area contributed by atoms with Gasteiger partial charge in [0.15, 0.2) is 6.29 Å². The molecule has 1 aliphatic rings. The highest BCUT2D eigenvalue weighted by molar-refractivity contribution is 6.02. The van der Waals surface area contributed by atoms with E-state index in [1.807, 2.05) is 42.5 Å². The largest absolute Gasteiger partial charge is 0.506 e. The quantitative estimate of drug-likeness (QED) is 0.458. The summed E-state index contributed by atoms with van der Waals surface area (Å²) in [6.07, 6.45) is 3.55. The second-order valence-electron chi connectivity index (χ2n) is 7.01. The van der Waals surface area contributed by atoms with Crippen LogP contribution in [0.15, 0.2) is 78.9 Å². The molecule has 0 bridgehead atoms. The van der Waals surface area contributed by atoms with E-state index in [9.17, 15) is 9.90 Å². The molecule has 1 saturated heterocycles. The van der Waals surface area contributed by atoms with Crippen LogP contribution in [-0.2, 0) is 14.3 Å². The first kappa shape index (κ1) is 19.9. The SMILES string of the molecule is O=C(/C=C/c1ccc(-c2ccccc2)cc1)Nc1cc(C2OCCCO2)ccc1O. The lowest BCUT2D eigenvalue weighted by Crippen LogP contribution is -2.18. The number of anilines is 1. The molecule has 0 aromatic heterocycles. The van der Waals surface area contributed by atoms with E-state index in [-0.39, 0.29) is 11.7 Å². The van der Waals surface area contributed by atoms with E-state index in [0.29, 0.717) is 18.9 Å². The molecule has 1 heterocycles. The average Bonchev–Trinajstić information content (AvgIpc) is 2.81. The van der Waals surface area contributed by atoms with E-state index in [0.717, 1.165) is 28.7 Å². The number of hydrogen-bond donors (Lipinski definition) is 2. The second kappa shape index (κ2) is 9.39. The molecular formula is C25H23NO4. The first-order valence-electron chi connectivity index (χ1n) is 9.90. The fourth-order valence-corrected chi connectivity index (χ4v) is 3.24. The third-order valence-corrected chi connectivity index (χ3v) is 4.82. The molecule has 4 rings (SSSR count). The number of aromatic hydroxyl groups is 1. The summed E-state index contributed by atoms with van der Waals surface area (Å²) < 4.78 is 11.2. The fraction of sp³-hybridized carbons (Fsp3) is 0.160. The minimum atomic E-state index is -0.478. The summed E-state index contributed by atoms with van der Waals surface area (Å²) >= 11 is 0. The van der Waals surface area contributed by atoms with Gasteiger partial charge >= 0.3 is 0 Å². The van der Waals surface area contributed by atoms with Crippen LogP contribution in [0, 0.1) is 0 Å². The van der Waals surface area contributed by atoms with E-state index in [2.05, 4.69) is 17.4 Å². The monoisotopic (exact) mass is 401 g/mol. The molecule has 1 aliphatic heterocycles. The van der Waals surface area contributed by atoms with Crippen LogP contribution in [-0.4, -0.2) is 24.2 Å². The third kappa shape index (κ3) is 4.95. The molecule has 3 aromatic rings. The standard InChI is InChI=1S/C25H23NO4/c27-23-13-12-21(25-29-15-4-16-30-25)17-22(23)26-24(28)14-9-18-7-10-20(11-8-18)19-5-2-1-3-6-19/h1-3,5-14,17,25,27H,4,15-16H2,(H,26,28)/b14-9+. The van der Waals surface area contributed by atoms with Crippen molar-refractivity contribution in [3.05, 3.63) is 90.0 Å². The Morgan fingerprint density at radius 3 is 2.37 bits per heavy atom. The van der Waals surface area contributed by atoms with Gasteiger partial charge in [0.05, 0.1) is 18.9 Å². The third-order valence-electron chi connectivity index (χ3n) is 4.82. The summed E-state index contributed by atoms with van der Waals surface area (Å²) in [7, 11) is 0. The van der Waals surface area contributed by atoms with Crippen LogP contribution in [0.3, 0.4) is 0 Å². The van der Waals surface area contributed by atoms with Crippen LogP contribution < -0.4 is 5.32 Å². The molecule has 152 valence electrons. The fourth-order valence-electron chi connectivity index (χ4n) is 3.24. The smallest absolute Gasteiger partial charge is 0.248 e. The first-order valence-corrected chi connectivity index (χ1v) is 9.90. The first-order chi connectivity index (χ1) is 14.7. The highest BCUT2D eigenvalue weighted by atomic mass is 16.7. The molecule has 5 heteroatoms. The number of carbonyl (C=O) groups excluding carboxylic acids is 1. The van der Waals surface area contributed by atoms with Gasteiger partial charge in [-0.15, -0.1) is 0 Å². The lowest BCUT2D eigenvalue weighted by atomic mass is 10.0. The second-order valence-corrected chi connectivity index (χ2v) is 7.01. The van der Waals surface area contributed by atoms with Gasteiger partial charge in [0.2, 0.25) is 5.91 Å². The van der Waals surface area contributed by atoms with Crippen molar-refractivity contribution in [2.24, 2.45) is 0 Å². The van der Waals surface area contributed by atoms with Crippen LogP contribution in [0.4, 0.5) is 5.69 Å². The van der Waals surface area contributed by atoms with Gasteiger partial charge in [-0.1, -0.05) is 60.7 Å². The van der Waals surface area contributed by atoms with Crippen molar-refractivity contribution in [3.63, 3.8) is 0 Å². The van der Waals surface area contributed by atoms with Crippen molar-refractivity contribution in [3.8, 4) is 16.9 Å². The van der Waals surface area contributed by atoms with Gasteiger partial charge in [0.1, 0.15) is 5.75 Å². The van der Waals surface area contributed by atoms with Crippen molar-refractivity contribution >= 4 is 17.7 Å². The molecule has 0 spiro atoms. The Morgan fingerprint density at radius 1 is 0.933 bits per heavy atom. The molecule has 0 aliphatic carbocycles.